The molecule has 5 nitrogen and oxygen atoms in total. The molecule has 0 spiro atoms. The number of para-hydroxylation sites is 1. The molecule has 1 aliphatic rings. The Hall–Kier alpha value is -2.92. The molecule has 0 bridgehead atoms. The van der Waals surface area contributed by atoms with Crippen LogP contribution in [-0.4, -0.2) is 23.0 Å². The molecule has 6 heteroatoms. The minimum Gasteiger partial charge on any atom is -0.288 e. The monoisotopic (exact) mass is 406 g/mol. The van der Waals surface area contributed by atoms with Crippen LogP contribution in [0.1, 0.15) is 33.6 Å². The predicted octanol–water partition coefficient (Wildman–Crippen LogP) is 5.22. The number of amides is 2. The summed E-state index contributed by atoms with van der Waals surface area (Å²) in [7, 11) is 1.74. The largest absolute Gasteiger partial charge is 0.330 e. The standard InChI is InChI=1S/C23H23ClN4O/c1-14-8-9-17(10-16(14)3)11-20-25-12-18-13-28(23(29)27(4)22(18)26-20)21-15(2)6-5-7-19(21)24/h5-10,12H,11,13H2,1-4H3. The molecule has 0 fully saturated rings. The third kappa shape index (κ3) is 3.58. The second-order valence-corrected chi connectivity index (χ2v) is 7.97. The van der Waals surface area contributed by atoms with Crippen LogP contribution in [0.3, 0.4) is 0 Å². The van der Waals surface area contributed by atoms with Crippen LogP contribution in [0.25, 0.3) is 0 Å². The molecule has 0 atom stereocenters. The summed E-state index contributed by atoms with van der Waals surface area (Å²) in [5, 5.41) is 0.558. The van der Waals surface area contributed by atoms with Gasteiger partial charge in [0.25, 0.3) is 0 Å². The molecular weight excluding hydrogens is 384 g/mol. The Morgan fingerprint density at radius 1 is 1.07 bits per heavy atom. The van der Waals surface area contributed by atoms with Gasteiger partial charge in [-0.25, -0.2) is 14.8 Å². The van der Waals surface area contributed by atoms with E-state index in [9.17, 15) is 4.79 Å². The molecule has 1 aliphatic heterocycles. The molecule has 0 saturated carbocycles. The van der Waals surface area contributed by atoms with Crippen molar-refractivity contribution in [3.05, 3.63) is 81.3 Å². The molecule has 2 aromatic carbocycles. The van der Waals surface area contributed by atoms with Crippen molar-refractivity contribution >= 4 is 29.1 Å². The lowest BCUT2D eigenvalue weighted by Gasteiger charge is -2.35. The van der Waals surface area contributed by atoms with Crippen molar-refractivity contribution in [2.24, 2.45) is 0 Å². The van der Waals surface area contributed by atoms with E-state index < -0.39 is 0 Å². The van der Waals surface area contributed by atoms with E-state index in [2.05, 4.69) is 37.0 Å². The molecule has 0 saturated heterocycles. The number of benzene rings is 2. The number of urea groups is 1. The summed E-state index contributed by atoms with van der Waals surface area (Å²) < 4.78 is 0. The summed E-state index contributed by atoms with van der Waals surface area (Å²) in [6.07, 6.45) is 2.45. The van der Waals surface area contributed by atoms with Gasteiger partial charge in [-0.05, 0) is 49.1 Å². The molecule has 29 heavy (non-hydrogen) atoms. The molecule has 1 aromatic heterocycles. The van der Waals surface area contributed by atoms with Gasteiger partial charge in [-0.2, -0.15) is 0 Å². The third-order valence-corrected chi connectivity index (χ3v) is 5.75. The maximum atomic E-state index is 13.1. The van der Waals surface area contributed by atoms with Crippen molar-refractivity contribution in [2.45, 2.75) is 33.7 Å². The highest BCUT2D eigenvalue weighted by molar-refractivity contribution is 6.34. The van der Waals surface area contributed by atoms with E-state index in [1.165, 1.54) is 11.1 Å². The van der Waals surface area contributed by atoms with Gasteiger partial charge in [0.1, 0.15) is 11.6 Å². The van der Waals surface area contributed by atoms with Gasteiger partial charge in [-0.15, -0.1) is 0 Å². The van der Waals surface area contributed by atoms with Gasteiger partial charge < -0.3 is 0 Å². The molecule has 0 unspecified atom stereocenters. The lowest BCUT2D eigenvalue weighted by Crippen LogP contribution is -2.46. The number of fused-ring (bicyclic) bond motifs is 1. The smallest absolute Gasteiger partial charge is 0.288 e. The first-order valence-electron chi connectivity index (χ1n) is 9.56. The fourth-order valence-corrected chi connectivity index (χ4v) is 3.99. The second-order valence-electron chi connectivity index (χ2n) is 7.56. The van der Waals surface area contributed by atoms with Crippen molar-refractivity contribution < 1.29 is 4.79 Å². The number of hydrogen-bond donors (Lipinski definition) is 0. The van der Waals surface area contributed by atoms with E-state index in [0.29, 0.717) is 29.6 Å². The topological polar surface area (TPSA) is 49.3 Å². The Kier molecular flexibility index (Phi) is 5.01. The Balaban J connectivity index is 1.66. The van der Waals surface area contributed by atoms with Gasteiger partial charge in [0, 0.05) is 25.2 Å². The van der Waals surface area contributed by atoms with Gasteiger partial charge >= 0.3 is 6.03 Å². The third-order valence-electron chi connectivity index (χ3n) is 5.45. The summed E-state index contributed by atoms with van der Waals surface area (Å²) >= 11 is 6.40. The van der Waals surface area contributed by atoms with Crippen LogP contribution >= 0.6 is 11.6 Å². The van der Waals surface area contributed by atoms with Crippen molar-refractivity contribution in [2.75, 3.05) is 16.8 Å². The molecule has 0 N–H and O–H groups in total. The molecule has 148 valence electrons. The Labute approximate surface area is 176 Å². The van der Waals surface area contributed by atoms with E-state index in [1.807, 2.05) is 25.3 Å². The first-order valence-corrected chi connectivity index (χ1v) is 9.94. The van der Waals surface area contributed by atoms with E-state index in [0.717, 1.165) is 22.4 Å². The minimum absolute atomic E-state index is 0.149. The summed E-state index contributed by atoms with van der Waals surface area (Å²) in [6, 6.07) is 11.9. The number of halogens is 1. The summed E-state index contributed by atoms with van der Waals surface area (Å²) in [5.74, 6) is 1.36. The molecule has 0 radical (unpaired) electrons. The maximum Gasteiger partial charge on any atom is 0.330 e. The molecule has 3 aromatic rings. The van der Waals surface area contributed by atoms with Crippen LogP contribution in [0.4, 0.5) is 16.3 Å². The van der Waals surface area contributed by atoms with Gasteiger partial charge in [0.2, 0.25) is 0 Å². The van der Waals surface area contributed by atoms with Gasteiger partial charge in [0.15, 0.2) is 0 Å². The number of aryl methyl sites for hydroxylation is 3. The van der Waals surface area contributed by atoms with Crippen LogP contribution in [0.15, 0.2) is 42.6 Å². The molecule has 4 rings (SSSR count). The van der Waals surface area contributed by atoms with Crippen molar-refractivity contribution in [1.82, 2.24) is 9.97 Å². The quantitative estimate of drug-likeness (QED) is 0.599. The molecule has 2 amide bonds. The highest BCUT2D eigenvalue weighted by Crippen LogP contribution is 2.35. The number of carbonyl (C=O) groups is 1. The van der Waals surface area contributed by atoms with Gasteiger partial charge in [-0.1, -0.05) is 41.9 Å². The normalized spacial score (nSPS) is 13.6. The Morgan fingerprint density at radius 3 is 2.59 bits per heavy atom. The highest BCUT2D eigenvalue weighted by Gasteiger charge is 2.32. The van der Waals surface area contributed by atoms with Crippen LogP contribution in [-0.2, 0) is 13.0 Å². The first kappa shape index (κ1) is 19.4. The molecule has 0 aliphatic carbocycles. The highest BCUT2D eigenvalue weighted by atomic mass is 35.5. The van der Waals surface area contributed by atoms with Crippen molar-refractivity contribution in [3.8, 4) is 0 Å². The Morgan fingerprint density at radius 2 is 1.86 bits per heavy atom. The number of carbonyl (C=O) groups excluding carboxylic acids is 1. The SMILES string of the molecule is Cc1ccc(Cc2ncc3c(n2)N(C)C(=O)N(c2c(C)cccc2Cl)C3)cc1C. The number of nitrogens with zero attached hydrogens (tertiary/aromatic N) is 4. The van der Waals surface area contributed by atoms with Crippen LogP contribution in [0.2, 0.25) is 5.02 Å². The lowest BCUT2D eigenvalue weighted by atomic mass is 10.0. The van der Waals surface area contributed by atoms with E-state index in [4.69, 9.17) is 16.6 Å². The van der Waals surface area contributed by atoms with Crippen LogP contribution in [0, 0.1) is 20.8 Å². The van der Waals surface area contributed by atoms with Gasteiger partial charge in [0.05, 0.1) is 17.3 Å². The number of aromatic nitrogens is 2. The zero-order valence-corrected chi connectivity index (χ0v) is 17.8. The van der Waals surface area contributed by atoms with E-state index in [-0.39, 0.29) is 6.03 Å². The zero-order valence-electron chi connectivity index (χ0n) is 17.0. The zero-order chi connectivity index (χ0) is 20.7. The average Bonchev–Trinajstić information content (AvgIpc) is 2.69. The number of rotatable bonds is 3. The first-order chi connectivity index (χ1) is 13.8. The Bertz CT molecular complexity index is 1090. The maximum absolute atomic E-state index is 13.1. The van der Waals surface area contributed by atoms with Gasteiger partial charge in [-0.3, -0.25) is 9.80 Å². The van der Waals surface area contributed by atoms with Crippen LogP contribution in [0.5, 0.6) is 0 Å². The summed E-state index contributed by atoms with van der Waals surface area (Å²) in [6.45, 7) is 6.55. The van der Waals surface area contributed by atoms with Crippen LogP contribution < -0.4 is 9.80 Å². The average molecular weight is 407 g/mol. The van der Waals surface area contributed by atoms with Crippen molar-refractivity contribution in [3.63, 3.8) is 0 Å². The molecule has 2 heterocycles. The summed E-state index contributed by atoms with van der Waals surface area (Å²) in [5.41, 5.74) is 6.26. The van der Waals surface area contributed by atoms with Crippen molar-refractivity contribution in [1.29, 1.82) is 0 Å². The number of hydrogen-bond acceptors (Lipinski definition) is 3. The predicted molar refractivity (Wildman–Crippen MR) is 117 cm³/mol. The second kappa shape index (κ2) is 7.48. The number of anilines is 2. The summed E-state index contributed by atoms with van der Waals surface area (Å²) in [4.78, 5) is 25.6. The lowest BCUT2D eigenvalue weighted by molar-refractivity contribution is 0.251. The fraction of sp³-hybridized carbons (Fsp3) is 0.261. The van der Waals surface area contributed by atoms with E-state index in [1.54, 1.807) is 22.9 Å². The minimum atomic E-state index is -0.149. The molecular formula is C23H23ClN4O. The fourth-order valence-electron chi connectivity index (χ4n) is 3.67. The van der Waals surface area contributed by atoms with E-state index >= 15 is 0 Å².